The van der Waals surface area contributed by atoms with Gasteiger partial charge in [0.05, 0.1) is 16.3 Å². The highest BCUT2D eigenvalue weighted by molar-refractivity contribution is 7.09. The van der Waals surface area contributed by atoms with Gasteiger partial charge in [-0.2, -0.15) is 0 Å². The van der Waals surface area contributed by atoms with Crippen LogP contribution in [0.15, 0.2) is 5.38 Å². The third-order valence-electron chi connectivity index (χ3n) is 4.59. The second kappa shape index (κ2) is 4.54. The Kier molecular flexibility index (Phi) is 3.23. The summed E-state index contributed by atoms with van der Waals surface area (Å²) in [6.07, 6.45) is 4.02. The second-order valence-electron chi connectivity index (χ2n) is 7.10. The van der Waals surface area contributed by atoms with Gasteiger partial charge < -0.3 is 5.11 Å². The van der Waals surface area contributed by atoms with Gasteiger partial charge in [-0.1, -0.05) is 20.8 Å². The van der Waals surface area contributed by atoms with E-state index in [4.69, 9.17) is 4.98 Å². The van der Waals surface area contributed by atoms with Gasteiger partial charge in [0.1, 0.15) is 0 Å². The molecule has 2 fully saturated rings. The van der Waals surface area contributed by atoms with Crippen molar-refractivity contribution in [2.45, 2.75) is 63.5 Å². The lowest BCUT2D eigenvalue weighted by Crippen LogP contribution is -2.43. The number of aromatic nitrogens is 1. The van der Waals surface area contributed by atoms with Crippen LogP contribution in [-0.2, 0) is 11.8 Å². The molecular weight excluding hydrogens is 256 g/mol. The maximum atomic E-state index is 11.0. The van der Waals surface area contributed by atoms with E-state index in [9.17, 15) is 5.11 Å². The number of hydrogen-bond donors (Lipinski definition) is 1. The molecule has 3 nitrogen and oxygen atoms in total. The van der Waals surface area contributed by atoms with E-state index in [0.29, 0.717) is 6.04 Å². The van der Waals surface area contributed by atoms with Gasteiger partial charge in [0.15, 0.2) is 0 Å². The fraction of sp³-hybridized carbons (Fsp3) is 0.800. The van der Waals surface area contributed by atoms with Crippen molar-refractivity contribution >= 4 is 11.3 Å². The topological polar surface area (TPSA) is 36.4 Å². The summed E-state index contributed by atoms with van der Waals surface area (Å²) in [5, 5.41) is 14.2. The summed E-state index contributed by atoms with van der Waals surface area (Å²) in [6, 6.07) is 0.370. The zero-order valence-corrected chi connectivity index (χ0v) is 13.0. The van der Waals surface area contributed by atoms with Crippen molar-refractivity contribution in [3.63, 3.8) is 0 Å². The van der Waals surface area contributed by atoms with Gasteiger partial charge in [0.2, 0.25) is 0 Å². The smallest absolute Gasteiger partial charge is 0.0957 e. The number of thiazole rings is 1. The Balaban J connectivity index is 1.76. The average Bonchev–Trinajstić information content (AvgIpc) is 2.97. The molecule has 3 heterocycles. The van der Waals surface area contributed by atoms with Crippen LogP contribution in [0.5, 0.6) is 0 Å². The van der Waals surface area contributed by atoms with Gasteiger partial charge >= 0.3 is 0 Å². The molecule has 2 aliphatic heterocycles. The summed E-state index contributed by atoms with van der Waals surface area (Å²) in [5.74, 6) is 0. The first-order chi connectivity index (χ1) is 8.88. The van der Waals surface area contributed by atoms with Crippen LogP contribution in [0.2, 0.25) is 0 Å². The first-order valence-corrected chi connectivity index (χ1v) is 8.18. The van der Waals surface area contributed by atoms with Crippen molar-refractivity contribution in [3.8, 4) is 0 Å². The molecule has 19 heavy (non-hydrogen) atoms. The minimum atomic E-state index is -0.538. The molecule has 0 amide bonds. The lowest BCUT2D eigenvalue weighted by atomic mass is 9.89. The molecule has 4 heteroatoms. The largest absolute Gasteiger partial charge is 0.388 e. The molecule has 2 aliphatic rings. The zero-order chi connectivity index (χ0) is 13.7. The van der Waals surface area contributed by atoms with Gasteiger partial charge in [-0.15, -0.1) is 11.3 Å². The van der Waals surface area contributed by atoms with Gasteiger partial charge in [0, 0.05) is 29.8 Å². The molecule has 1 aromatic rings. The predicted molar refractivity (Wildman–Crippen MR) is 78.7 cm³/mol. The summed E-state index contributed by atoms with van der Waals surface area (Å²) in [7, 11) is 0. The van der Waals surface area contributed by atoms with Crippen molar-refractivity contribution in [1.29, 1.82) is 0 Å². The third kappa shape index (κ3) is 2.46. The van der Waals surface area contributed by atoms with Gasteiger partial charge in [-0.25, -0.2) is 4.98 Å². The van der Waals surface area contributed by atoms with Crippen molar-refractivity contribution in [2.75, 3.05) is 13.1 Å². The van der Waals surface area contributed by atoms with E-state index in [2.05, 4.69) is 31.1 Å². The lowest BCUT2D eigenvalue weighted by Gasteiger charge is -2.29. The van der Waals surface area contributed by atoms with Gasteiger partial charge in [0.25, 0.3) is 0 Å². The predicted octanol–water partition coefficient (Wildman–Crippen LogP) is 2.58. The van der Waals surface area contributed by atoms with Crippen molar-refractivity contribution in [3.05, 3.63) is 16.1 Å². The van der Waals surface area contributed by atoms with Gasteiger partial charge in [-0.3, -0.25) is 4.90 Å². The maximum absolute atomic E-state index is 11.0. The number of nitrogens with zero attached hydrogens (tertiary/aromatic N) is 2. The SMILES string of the molecule is CC(C)(C)c1csc(CC2(O)CCN3CCCC32)n1. The summed E-state index contributed by atoms with van der Waals surface area (Å²) < 4.78 is 0. The molecule has 2 unspecified atom stereocenters. The van der Waals surface area contributed by atoms with E-state index in [-0.39, 0.29) is 5.41 Å². The van der Waals surface area contributed by atoms with E-state index < -0.39 is 5.60 Å². The van der Waals surface area contributed by atoms with Crippen LogP contribution >= 0.6 is 11.3 Å². The molecule has 0 spiro atoms. The molecule has 0 saturated carbocycles. The van der Waals surface area contributed by atoms with E-state index >= 15 is 0 Å². The van der Waals surface area contributed by atoms with E-state index in [0.717, 1.165) is 43.1 Å². The minimum absolute atomic E-state index is 0.104. The molecule has 0 aliphatic carbocycles. The standard InChI is InChI=1S/C15H24N2OS/c1-14(2,3)11-10-19-13(16-11)9-15(18)6-8-17-7-4-5-12(15)17/h10,12,18H,4-9H2,1-3H3. The summed E-state index contributed by atoms with van der Waals surface area (Å²) >= 11 is 1.71. The number of hydrogen-bond acceptors (Lipinski definition) is 4. The Bertz CT molecular complexity index is 465. The summed E-state index contributed by atoms with van der Waals surface area (Å²) in [5.41, 5.74) is 0.716. The van der Waals surface area contributed by atoms with Crippen LogP contribution < -0.4 is 0 Å². The highest BCUT2D eigenvalue weighted by atomic mass is 32.1. The Morgan fingerprint density at radius 2 is 2.26 bits per heavy atom. The average molecular weight is 280 g/mol. The molecule has 3 rings (SSSR count). The Morgan fingerprint density at radius 3 is 2.95 bits per heavy atom. The van der Waals surface area contributed by atoms with E-state index in [1.165, 1.54) is 6.42 Å². The fourth-order valence-corrected chi connectivity index (χ4v) is 4.55. The van der Waals surface area contributed by atoms with Crippen LogP contribution in [0.3, 0.4) is 0 Å². The molecular formula is C15H24N2OS. The summed E-state index contributed by atoms with van der Waals surface area (Å²) in [4.78, 5) is 7.20. The van der Waals surface area contributed by atoms with Crippen molar-refractivity contribution in [2.24, 2.45) is 0 Å². The van der Waals surface area contributed by atoms with E-state index in [1.54, 1.807) is 11.3 Å². The molecule has 2 saturated heterocycles. The first kappa shape index (κ1) is 13.5. The molecule has 106 valence electrons. The number of fused-ring (bicyclic) bond motifs is 1. The number of aliphatic hydroxyl groups is 1. The second-order valence-corrected chi connectivity index (χ2v) is 8.04. The van der Waals surface area contributed by atoms with Crippen molar-refractivity contribution < 1.29 is 5.11 Å². The molecule has 2 atom stereocenters. The monoisotopic (exact) mass is 280 g/mol. The van der Waals surface area contributed by atoms with Crippen LogP contribution in [-0.4, -0.2) is 39.7 Å². The first-order valence-electron chi connectivity index (χ1n) is 7.30. The number of rotatable bonds is 2. The lowest BCUT2D eigenvalue weighted by molar-refractivity contribution is 0.0140. The molecule has 0 aromatic carbocycles. The fourth-order valence-electron chi connectivity index (χ4n) is 3.41. The van der Waals surface area contributed by atoms with E-state index in [1.807, 2.05) is 0 Å². The molecule has 1 N–H and O–H groups in total. The Morgan fingerprint density at radius 1 is 1.47 bits per heavy atom. The zero-order valence-electron chi connectivity index (χ0n) is 12.1. The summed E-state index contributed by atoms with van der Waals surface area (Å²) in [6.45, 7) is 8.79. The molecule has 0 bridgehead atoms. The van der Waals surface area contributed by atoms with Crippen LogP contribution in [0, 0.1) is 0 Å². The van der Waals surface area contributed by atoms with Crippen LogP contribution in [0.25, 0.3) is 0 Å². The maximum Gasteiger partial charge on any atom is 0.0957 e. The minimum Gasteiger partial charge on any atom is -0.388 e. The normalized spacial score (nSPS) is 31.9. The van der Waals surface area contributed by atoms with Gasteiger partial charge in [-0.05, 0) is 25.8 Å². The highest BCUT2D eigenvalue weighted by Crippen LogP contribution is 2.39. The van der Waals surface area contributed by atoms with Crippen LogP contribution in [0.4, 0.5) is 0 Å². The quantitative estimate of drug-likeness (QED) is 0.904. The Hall–Kier alpha value is -0.450. The third-order valence-corrected chi connectivity index (χ3v) is 5.44. The molecule has 0 radical (unpaired) electrons. The van der Waals surface area contributed by atoms with Crippen molar-refractivity contribution in [1.82, 2.24) is 9.88 Å². The highest BCUT2D eigenvalue weighted by Gasteiger charge is 2.48. The van der Waals surface area contributed by atoms with Crippen LogP contribution in [0.1, 0.15) is 50.7 Å². The molecule has 1 aromatic heterocycles. The Labute approximate surface area is 119 Å².